The minimum absolute atomic E-state index is 0.804. The smallest absolute Gasteiger partial charge is 0.0995 e. The van der Waals surface area contributed by atoms with Crippen LogP contribution in [0.15, 0.2) is 41.8 Å². The van der Waals surface area contributed by atoms with Gasteiger partial charge in [0.2, 0.25) is 0 Å². The molecule has 0 radical (unpaired) electrons. The number of benzene rings is 1. The highest BCUT2D eigenvalue weighted by Crippen LogP contribution is 2.16. The van der Waals surface area contributed by atoms with Crippen LogP contribution >= 0.6 is 11.3 Å². The molecule has 2 aromatic rings. The van der Waals surface area contributed by atoms with E-state index in [1.807, 2.05) is 29.5 Å². The van der Waals surface area contributed by atoms with Gasteiger partial charge in [-0.2, -0.15) is 5.26 Å². The number of rotatable bonds is 4. The van der Waals surface area contributed by atoms with Crippen molar-refractivity contribution in [2.45, 2.75) is 13.1 Å². The number of nitriles is 1. The summed E-state index contributed by atoms with van der Waals surface area (Å²) in [6.45, 7) is 6.31. The quantitative estimate of drug-likeness (QED) is 0.869. The second kappa shape index (κ2) is 6.86. The van der Waals surface area contributed by atoms with E-state index in [4.69, 9.17) is 5.26 Å². The maximum atomic E-state index is 9.16. The zero-order valence-corrected chi connectivity index (χ0v) is 12.9. The van der Waals surface area contributed by atoms with Gasteiger partial charge in [0.05, 0.1) is 11.6 Å². The third kappa shape index (κ3) is 3.70. The van der Waals surface area contributed by atoms with Crippen LogP contribution in [0.5, 0.6) is 0 Å². The third-order valence-corrected chi connectivity index (χ3v) is 4.82. The third-order valence-electron chi connectivity index (χ3n) is 3.96. The van der Waals surface area contributed by atoms with Crippen molar-refractivity contribution in [2.75, 3.05) is 26.2 Å². The van der Waals surface area contributed by atoms with Gasteiger partial charge in [0.15, 0.2) is 0 Å². The molecule has 1 aliphatic rings. The molecule has 0 aliphatic carbocycles. The van der Waals surface area contributed by atoms with Crippen molar-refractivity contribution < 1.29 is 0 Å². The molecule has 3 nitrogen and oxygen atoms in total. The van der Waals surface area contributed by atoms with Crippen molar-refractivity contribution in [3.05, 3.63) is 57.8 Å². The SMILES string of the molecule is N#Cc1ccccc1CN1CCN(Cc2cccs2)CC1. The van der Waals surface area contributed by atoms with E-state index in [0.717, 1.165) is 50.4 Å². The normalized spacial score (nSPS) is 16.7. The van der Waals surface area contributed by atoms with Crippen molar-refractivity contribution >= 4 is 11.3 Å². The number of nitrogens with zero attached hydrogens (tertiary/aromatic N) is 3. The molecule has 0 N–H and O–H groups in total. The highest BCUT2D eigenvalue weighted by atomic mass is 32.1. The lowest BCUT2D eigenvalue weighted by Gasteiger charge is -2.34. The molecular formula is C17H19N3S. The molecule has 4 heteroatoms. The van der Waals surface area contributed by atoms with Crippen LogP contribution in [0.3, 0.4) is 0 Å². The Labute approximate surface area is 130 Å². The van der Waals surface area contributed by atoms with Crippen LogP contribution in [0.25, 0.3) is 0 Å². The molecular weight excluding hydrogens is 278 g/mol. The molecule has 108 valence electrons. The fourth-order valence-electron chi connectivity index (χ4n) is 2.74. The van der Waals surface area contributed by atoms with E-state index in [9.17, 15) is 0 Å². The first-order valence-electron chi connectivity index (χ1n) is 7.30. The minimum atomic E-state index is 0.804. The van der Waals surface area contributed by atoms with Crippen molar-refractivity contribution in [3.8, 4) is 6.07 Å². The average Bonchev–Trinajstić information content (AvgIpc) is 3.03. The molecule has 1 aromatic carbocycles. The number of hydrogen-bond donors (Lipinski definition) is 0. The first-order chi connectivity index (χ1) is 10.3. The van der Waals surface area contributed by atoms with Crippen LogP contribution in [0, 0.1) is 11.3 Å². The maximum absolute atomic E-state index is 9.16. The molecule has 0 atom stereocenters. The van der Waals surface area contributed by atoms with E-state index in [-0.39, 0.29) is 0 Å². The van der Waals surface area contributed by atoms with Crippen LogP contribution in [-0.4, -0.2) is 36.0 Å². The summed E-state index contributed by atoms with van der Waals surface area (Å²) in [5.74, 6) is 0. The van der Waals surface area contributed by atoms with Gasteiger partial charge in [-0.05, 0) is 23.1 Å². The van der Waals surface area contributed by atoms with Gasteiger partial charge in [-0.25, -0.2) is 0 Å². The predicted octanol–water partition coefficient (Wildman–Crippen LogP) is 2.94. The van der Waals surface area contributed by atoms with Gasteiger partial charge in [0, 0.05) is 44.1 Å². The first kappa shape index (κ1) is 14.3. The van der Waals surface area contributed by atoms with E-state index in [0.29, 0.717) is 0 Å². The second-order valence-corrected chi connectivity index (χ2v) is 6.43. The van der Waals surface area contributed by atoms with Crippen LogP contribution in [0.4, 0.5) is 0 Å². The van der Waals surface area contributed by atoms with E-state index >= 15 is 0 Å². The lowest BCUT2D eigenvalue weighted by molar-refractivity contribution is 0.123. The number of thiophene rings is 1. The van der Waals surface area contributed by atoms with Crippen LogP contribution in [0.1, 0.15) is 16.0 Å². The van der Waals surface area contributed by atoms with Gasteiger partial charge in [0.25, 0.3) is 0 Å². The fraction of sp³-hybridized carbons (Fsp3) is 0.353. The lowest BCUT2D eigenvalue weighted by atomic mass is 10.1. The van der Waals surface area contributed by atoms with Gasteiger partial charge in [-0.1, -0.05) is 24.3 Å². The van der Waals surface area contributed by atoms with Crippen LogP contribution < -0.4 is 0 Å². The molecule has 0 saturated carbocycles. The van der Waals surface area contributed by atoms with E-state index < -0.39 is 0 Å². The molecule has 21 heavy (non-hydrogen) atoms. The molecule has 0 spiro atoms. The fourth-order valence-corrected chi connectivity index (χ4v) is 3.48. The zero-order chi connectivity index (χ0) is 14.5. The van der Waals surface area contributed by atoms with Crippen molar-refractivity contribution in [1.82, 2.24) is 9.80 Å². The summed E-state index contributed by atoms with van der Waals surface area (Å²) >= 11 is 1.83. The molecule has 1 saturated heterocycles. The van der Waals surface area contributed by atoms with Crippen molar-refractivity contribution in [3.63, 3.8) is 0 Å². The topological polar surface area (TPSA) is 30.3 Å². The van der Waals surface area contributed by atoms with Gasteiger partial charge in [0.1, 0.15) is 0 Å². The standard InChI is InChI=1S/C17H19N3S/c18-12-15-4-1-2-5-16(15)13-19-7-9-20(10-8-19)14-17-6-3-11-21-17/h1-6,11H,7-10,13-14H2. The monoisotopic (exact) mass is 297 g/mol. The Hall–Kier alpha value is -1.67. The summed E-state index contributed by atoms with van der Waals surface area (Å²) in [4.78, 5) is 6.40. The predicted molar refractivity (Wildman–Crippen MR) is 86.0 cm³/mol. The van der Waals surface area contributed by atoms with Crippen molar-refractivity contribution in [1.29, 1.82) is 5.26 Å². The van der Waals surface area contributed by atoms with Gasteiger partial charge >= 0.3 is 0 Å². The molecule has 0 bridgehead atoms. The van der Waals surface area contributed by atoms with E-state index in [1.54, 1.807) is 0 Å². The molecule has 0 unspecified atom stereocenters. The largest absolute Gasteiger partial charge is 0.296 e. The number of hydrogen-bond acceptors (Lipinski definition) is 4. The number of piperazine rings is 1. The molecule has 0 amide bonds. The second-order valence-electron chi connectivity index (χ2n) is 5.40. The van der Waals surface area contributed by atoms with Gasteiger partial charge < -0.3 is 0 Å². The minimum Gasteiger partial charge on any atom is -0.296 e. The Morgan fingerprint density at radius 2 is 1.67 bits per heavy atom. The highest BCUT2D eigenvalue weighted by Gasteiger charge is 2.18. The van der Waals surface area contributed by atoms with Gasteiger partial charge in [-0.15, -0.1) is 11.3 Å². The zero-order valence-electron chi connectivity index (χ0n) is 12.0. The molecule has 1 aliphatic heterocycles. The molecule has 2 heterocycles. The first-order valence-corrected chi connectivity index (χ1v) is 8.18. The average molecular weight is 297 g/mol. The summed E-state index contributed by atoms with van der Waals surface area (Å²) in [5, 5.41) is 11.3. The Morgan fingerprint density at radius 3 is 2.33 bits per heavy atom. The van der Waals surface area contributed by atoms with E-state index in [2.05, 4.69) is 39.4 Å². The Bertz CT molecular complexity index is 607. The van der Waals surface area contributed by atoms with E-state index in [1.165, 1.54) is 4.88 Å². The summed E-state index contributed by atoms with van der Waals surface area (Å²) in [6.07, 6.45) is 0. The van der Waals surface area contributed by atoms with Crippen LogP contribution in [-0.2, 0) is 13.1 Å². The summed E-state index contributed by atoms with van der Waals surface area (Å²) in [5.41, 5.74) is 1.95. The van der Waals surface area contributed by atoms with Crippen LogP contribution in [0.2, 0.25) is 0 Å². The molecule has 3 rings (SSSR count). The van der Waals surface area contributed by atoms with Gasteiger partial charge in [-0.3, -0.25) is 9.80 Å². The maximum Gasteiger partial charge on any atom is 0.0995 e. The van der Waals surface area contributed by atoms with Crippen molar-refractivity contribution in [2.24, 2.45) is 0 Å². The Kier molecular flexibility index (Phi) is 4.66. The molecule has 1 aromatic heterocycles. The Morgan fingerprint density at radius 1 is 0.952 bits per heavy atom. The Balaban J connectivity index is 1.53. The summed E-state index contributed by atoms with van der Waals surface area (Å²) < 4.78 is 0. The highest BCUT2D eigenvalue weighted by molar-refractivity contribution is 7.09. The lowest BCUT2D eigenvalue weighted by Crippen LogP contribution is -2.45. The summed E-state index contributed by atoms with van der Waals surface area (Å²) in [6, 6.07) is 14.5. The molecule has 1 fully saturated rings. The summed E-state index contributed by atoms with van der Waals surface area (Å²) in [7, 11) is 0.